The molecule has 1 amide bonds. The van der Waals surface area contributed by atoms with Crippen LogP contribution in [0.25, 0.3) is 0 Å². The summed E-state index contributed by atoms with van der Waals surface area (Å²) in [4.78, 5) is 31.9. The van der Waals surface area contributed by atoms with Crippen molar-refractivity contribution in [2.75, 3.05) is 0 Å². The molecule has 1 aromatic rings. The number of amides is 1. The Hall–Kier alpha value is -2.69. The lowest BCUT2D eigenvalue weighted by Gasteiger charge is -1.97. The number of nitrogens with one attached hydrogen (secondary N) is 1. The largest absolute Gasteiger partial charge is 0.481 e. The van der Waals surface area contributed by atoms with Crippen molar-refractivity contribution in [3.05, 3.63) is 28.0 Å². The monoisotopic (exact) mass is 326 g/mol. The minimum Gasteiger partial charge on any atom is -0.481 e. The van der Waals surface area contributed by atoms with Crippen molar-refractivity contribution in [1.82, 2.24) is 5.32 Å². The van der Waals surface area contributed by atoms with E-state index in [9.17, 15) is 19.7 Å². The van der Waals surface area contributed by atoms with Crippen LogP contribution in [0.1, 0.15) is 19.1 Å². The number of thioether (sulfide) groups is 1. The van der Waals surface area contributed by atoms with Gasteiger partial charge in [-0.15, -0.1) is 10.2 Å². The minimum absolute atomic E-state index is 0.164. The average Bonchev–Trinajstić information content (AvgIpc) is 3.03. The van der Waals surface area contributed by atoms with Gasteiger partial charge in [-0.3, -0.25) is 19.7 Å². The smallest absolute Gasteiger partial charge is 0.433 e. The van der Waals surface area contributed by atoms with E-state index in [1.54, 1.807) is 0 Å². The van der Waals surface area contributed by atoms with E-state index in [1.165, 1.54) is 19.1 Å². The number of hydrogen-bond donors (Lipinski definition) is 2. The van der Waals surface area contributed by atoms with Gasteiger partial charge in [0, 0.05) is 0 Å². The van der Waals surface area contributed by atoms with Gasteiger partial charge < -0.3 is 14.8 Å². The normalized spacial score (nSPS) is 20.2. The summed E-state index contributed by atoms with van der Waals surface area (Å²) in [5, 5.41) is 28.6. The fraction of sp³-hybridized carbons (Fsp3) is 0.273. The number of amidine groups is 1. The predicted octanol–water partition coefficient (Wildman–Crippen LogP) is 0.974. The second kappa shape index (κ2) is 6.39. The van der Waals surface area contributed by atoms with Gasteiger partial charge in [0.1, 0.15) is 15.9 Å². The number of carboxylic acid groups (broad SMARTS) is 1. The van der Waals surface area contributed by atoms with E-state index >= 15 is 0 Å². The molecule has 1 saturated heterocycles. The van der Waals surface area contributed by atoms with E-state index in [1.807, 2.05) is 0 Å². The van der Waals surface area contributed by atoms with E-state index in [4.69, 9.17) is 9.52 Å². The number of rotatable bonds is 5. The number of nitro groups is 1. The lowest BCUT2D eigenvalue weighted by molar-refractivity contribution is -0.402. The Morgan fingerprint density at radius 1 is 1.59 bits per heavy atom. The van der Waals surface area contributed by atoms with Crippen LogP contribution in [0.4, 0.5) is 5.88 Å². The van der Waals surface area contributed by atoms with Gasteiger partial charge in [0.05, 0.1) is 12.5 Å². The molecule has 2 heterocycles. The molecular formula is C11H10N4O6S. The summed E-state index contributed by atoms with van der Waals surface area (Å²) in [7, 11) is 0. The number of aliphatic carboxylic acids is 1. The molecule has 1 fully saturated rings. The highest BCUT2D eigenvalue weighted by molar-refractivity contribution is 8.15. The topological polar surface area (TPSA) is 147 Å². The maximum Gasteiger partial charge on any atom is 0.433 e. The zero-order chi connectivity index (χ0) is 16.3. The third kappa shape index (κ3) is 3.69. The average molecular weight is 326 g/mol. The van der Waals surface area contributed by atoms with Gasteiger partial charge in [0.25, 0.3) is 0 Å². The molecule has 2 rings (SSSR count). The van der Waals surface area contributed by atoms with Crippen molar-refractivity contribution in [3.8, 4) is 0 Å². The highest BCUT2D eigenvalue weighted by Crippen LogP contribution is 2.22. The van der Waals surface area contributed by atoms with E-state index in [2.05, 4.69) is 15.5 Å². The quantitative estimate of drug-likeness (QED) is 0.465. The van der Waals surface area contributed by atoms with Crippen LogP contribution in [-0.4, -0.2) is 38.0 Å². The maximum atomic E-state index is 11.5. The summed E-state index contributed by atoms with van der Waals surface area (Å²) in [5.41, 5.74) is 0.275. The van der Waals surface area contributed by atoms with E-state index in [0.717, 1.165) is 11.8 Å². The second-order valence-corrected chi connectivity index (χ2v) is 5.37. The SMILES string of the molecule is C/C(=N\N=C1/NC(=O)C(CC(=O)O)S1)c1ccc([N+](=O)[O-])o1. The van der Waals surface area contributed by atoms with Gasteiger partial charge in [-0.05, 0) is 13.0 Å². The zero-order valence-electron chi connectivity index (χ0n) is 11.2. The molecule has 1 unspecified atom stereocenters. The third-order valence-electron chi connectivity index (χ3n) is 2.56. The first-order chi connectivity index (χ1) is 10.4. The van der Waals surface area contributed by atoms with Crippen LogP contribution in [0.2, 0.25) is 0 Å². The molecule has 1 aliphatic heterocycles. The van der Waals surface area contributed by atoms with E-state index in [0.29, 0.717) is 0 Å². The first kappa shape index (κ1) is 15.7. The summed E-state index contributed by atoms with van der Waals surface area (Å²) in [6, 6.07) is 2.57. The molecule has 11 heteroatoms. The fourth-order valence-electron chi connectivity index (χ4n) is 1.54. The molecule has 0 saturated carbocycles. The van der Waals surface area contributed by atoms with E-state index in [-0.39, 0.29) is 23.1 Å². The van der Waals surface area contributed by atoms with Crippen molar-refractivity contribution in [2.45, 2.75) is 18.6 Å². The van der Waals surface area contributed by atoms with Crippen LogP contribution < -0.4 is 5.32 Å². The number of hydrogen-bond acceptors (Lipinski definition) is 8. The number of carbonyl (C=O) groups is 2. The molecule has 10 nitrogen and oxygen atoms in total. The van der Waals surface area contributed by atoms with Gasteiger partial charge in [-0.1, -0.05) is 11.8 Å². The molecule has 0 aliphatic carbocycles. The predicted molar refractivity (Wildman–Crippen MR) is 76.8 cm³/mol. The molecule has 0 radical (unpaired) electrons. The second-order valence-electron chi connectivity index (χ2n) is 4.18. The molecule has 1 atom stereocenters. The van der Waals surface area contributed by atoms with Crippen molar-refractivity contribution in [1.29, 1.82) is 0 Å². The molecule has 0 spiro atoms. The Morgan fingerprint density at radius 3 is 2.91 bits per heavy atom. The molecule has 1 aromatic heterocycles. The lowest BCUT2D eigenvalue weighted by atomic mass is 10.3. The number of carboxylic acids is 1. The molecule has 0 aromatic carbocycles. The number of furan rings is 1. The summed E-state index contributed by atoms with van der Waals surface area (Å²) < 4.78 is 4.95. The van der Waals surface area contributed by atoms with Gasteiger partial charge in [-0.2, -0.15) is 0 Å². The summed E-state index contributed by atoms with van der Waals surface area (Å²) in [6.45, 7) is 1.53. The van der Waals surface area contributed by atoms with Crippen LogP contribution in [0.3, 0.4) is 0 Å². The Kier molecular flexibility index (Phi) is 4.56. The van der Waals surface area contributed by atoms with Gasteiger partial charge in [0.2, 0.25) is 5.91 Å². The van der Waals surface area contributed by atoms with Crippen molar-refractivity contribution in [2.24, 2.45) is 10.2 Å². The molecule has 22 heavy (non-hydrogen) atoms. The summed E-state index contributed by atoms with van der Waals surface area (Å²) in [5.74, 6) is -1.78. The Labute approximate surface area is 127 Å². The third-order valence-corrected chi connectivity index (χ3v) is 3.63. The Morgan fingerprint density at radius 2 is 2.32 bits per heavy atom. The molecular weight excluding hydrogens is 316 g/mol. The number of nitrogens with zero attached hydrogens (tertiary/aromatic N) is 3. The first-order valence-corrected chi connectivity index (χ1v) is 6.81. The van der Waals surface area contributed by atoms with Crippen molar-refractivity contribution < 1.29 is 24.0 Å². The van der Waals surface area contributed by atoms with Crippen LogP contribution in [0.15, 0.2) is 26.8 Å². The molecule has 116 valence electrons. The highest BCUT2D eigenvalue weighted by atomic mass is 32.2. The van der Waals surface area contributed by atoms with E-state index < -0.39 is 27.9 Å². The van der Waals surface area contributed by atoms with Crippen molar-refractivity contribution in [3.63, 3.8) is 0 Å². The Bertz CT molecular complexity index is 695. The Balaban J connectivity index is 2.08. The molecule has 0 bridgehead atoms. The van der Waals surface area contributed by atoms with Crippen molar-refractivity contribution >= 4 is 40.4 Å². The molecule has 2 N–H and O–H groups in total. The highest BCUT2D eigenvalue weighted by Gasteiger charge is 2.32. The van der Waals surface area contributed by atoms with Gasteiger partial charge in [-0.25, -0.2) is 0 Å². The minimum atomic E-state index is -1.09. The van der Waals surface area contributed by atoms with Crippen LogP contribution in [0.5, 0.6) is 0 Å². The lowest BCUT2D eigenvalue weighted by Crippen LogP contribution is -2.26. The first-order valence-electron chi connectivity index (χ1n) is 5.93. The van der Waals surface area contributed by atoms with Crippen LogP contribution >= 0.6 is 11.8 Å². The van der Waals surface area contributed by atoms with Crippen LogP contribution in [-0.2, 0) is 9.59 Å². The standard InChI is InChI=1S/C11H10N4O6S/c1-5(6-2-3-8(21-6)15(19)20)13-14-11-12-10(18)7(22-11)4-9(16)17/h2-3,7H,4H2,1H3,(H,16,17)(H,12,14,18)/b13-5+. The van der Waals surface area contributed by atoms with Crippen LogP contribution in [0, 0.1) is 10.1 Å². The number of carbonyl (C=O) groups excluding carboxylic acids is 1. The fourth-order valence-corrected chi connectivity index (χ4v) is 2.44. The van der Waals surface area contributed by atoms with Gasteiger partial charge in [0.15, 0.2) is 10.9 Å². The van der Waals surface area contributed by atoms with Gasteiger partial charge >= 0.3 is 11.9 Å². The molecule has 1 aliphatic rings. The summed E-state index contributed by atoms with van der Waals surface area (Å²) in [6.07, 6.45) is -0.317. The zero-order valence-corrected chi connectivity index (χ0v) is 12.0. The summed E-state index contributed by atoms with van der Waals surface area (Å²) >= 11 is 0.957. The maximum absolute atomic E-state index is 11.5.